The lowest BCUT2D eigenvalue weighted by molar-refractivity contribution is 0.363. The minimum absolute atomic E-state index is 0.542. The van der Waals surface area contributed by atoms with Gasteiger partial charge in [-0.05, 0) is 35.4 Å². The van der Waals surface area contributed by atoms with E-state index < -0.39 is 0 Å². The molecule has 22 heavy (non-hydrogen) atoms. The molecule has 3 heteroatoms. The molecule has 0 atom stereocenters. The van der Waals surface area contributed by atoms with Crippen LogP contribution in [0, 0.1) is 0 Å². The maximum atomic E-state index is 5.47. The van der Waals surface area contributed by atoms with Gasteiger partial charge in [-0.2, -0.15) is 0 Å². The molecule has 0 amide bonds. The highest BCUT2D eigenvalue weighted by Crippen LogP contribution is 2.13. The molecule has 0 fully saturated rings. The molecule has 2 aromatic rings. The molecule has 116 valence electrons. The van der Waals surface area contributed by atoms with E-state index in [-0.39, 0.29) is 0 Å². The fraction of sp³-hybridized carbons (Fsp3) is 0.263. The monoisotopic (exact) mass is 296 g/mol. The molecule has 0 spiro atoms. The largest absolute Gasteiger partial charge is 0.490 e. The van der Waals surface area contributed by atoms with Crippen molar-refractivity contribution in [1.29, 1.82) is 0 Å². The molecule has 0 saturated heterocycles. The molecule has 0 unspecified atom stereocenters. The number of ether oxygens (including phenoxy) is 1. The second-order valence-electron chi connectivity index (χ2n) is 5.41. The maximum absolute atomic E-state index is 5.47. The number of nitrogens with zero attached hydrogens (tertiary/aromatic N) is 1. The Balaban J connectivity index is 1.79. The third-order valence-corrected chi connectivity index (χ3v) is 3.40. The van der Waals surface area contributed by atoms with Crippen LogP contribution in [0.4, 0.5) is 5.69 Å². The highest BCUT2D eigenvalue weighted by molar-refractivity contribution is 5.45. The molecule has 0 aliphatic carbocycles. The van der Waals surface area contributed by atoms with Gasteiger partial charge in [-0.3, -0.25) is 0 Å². The van der Waals surface area contributed by atoms with Crippen molar-refractivity contribution in [2.45, 2.75) is 13.1 Å². The van der Waals surface area contributed by atoms with Crippen LogP contribution >= 0.6 is 0 Å². The van der Waals surface area contributed by atoms with E-state index in [1.54, 1.807) is 6.08 Å². The highest BCUT2D eigenvalue weighted by Gasteiger charge is 1.98. The molecule has 2 aromatic carbocycles. The van der Waals surface area contributed by atoms with E-state index in [0.29, 0.717) is 6.61 Å². The van der Waals surface area contributed by atoms with Gasteiger partial charge in [-0.15, -0.1) is 0 Å². The zero-order valence-electron chi connectivity index (χ0n) is 13.4. The van der Waals surface area contributed by atoms with Crippen molar-refractivity contribution in [3.05, 3.63) is 72.3 Å². The predicted molar refractivity (Wildman–Crippen MR) is 93.4 cm³/mol. The van der Waals surface area contributed by atoms with Gasteiger partial charge in [0.05, 0.1) is 0 Å². The standard InChI is InChI=1S/C19H24N2O/c1-4-13-22-19-11-7-17(8-12-19)15-20-14-16-5-9-18(10-6-16)21(2)3/h4-12,20H,1,13-15H2,2-3H3. The fourth-order valence-corrected chi connectivity index (χ4v) is 2.12. The first-order valence-corrected chi connectivity index (χ1v) is 7.48. The van der Waals surface area contributed by atoms with Gasteiger partial charge in [0.2, 0.25) is 0 Å². The van der Waals surface area contributed by atoms with Crippen molar-refractivity contribution in [3.63, 3.8) is 0 Å². The molecular weight excluding hydrogens is 272 g/mol. The van der Waals surface area contributed by atoms with Crippen molar-refractivity contribution in [3.8, 4) is 5.75 Å². The van der Waals surface area contributed by atoms with E-state index in [4.69, 9.17) is 4.74 Å². The Hall–Kier alpha value is -2.26. The van der Waals surface area contributed by atoms with Crippen LogP contribution in [-0.2, 0) is 13.1 Å². The average Bonchev–Trinajstić information content (AvgIpc) is 2.54. The summed E-state index contributed by atoms with van der Waals surface area (Å²) >= 11 is 0. The lowest BCUT2D eigenvalue weighted by Crippen LogP contribution is -2.13. The summed E-state index contributed by atoms with van der Waals surface area (Å²) in [5, 5.41) is 3.46. The second kappa shape index (κ2) is 8.25. The van der Waals surface area contributed by atoms with Crippen LogP contribution < -0.4 is 15.0 Å². The van der Waals surface area contributed by atoms with Gasteiger partial charge in [0.15, 0.2) is 0 Å². The van der Waals surface area contributed by atoms with Crippen LogP contribution in [-0.4, -0.2) is 20.7 Å². The first-order chi connectivity index (χ1) is 10.7. The third kappa shape index (κ3) is 4.93. The first-order valence-electron chi connectivity index (χ1n) is 7.48. The van der Waals surface area contributed by atoms with Gasteiger partial charge in [0.1, 0.15) is 12.4 Å². The van der Waals surface area contributed by atoms with E-state index in [9.17, 15) is 0 Å². The van der Waals surface area contributed by atoms with E-state index in [2.05, 4.69) is 67.3 Å². The minimum Gasteiger partial charge on any atom is -0.490 e. The summed E-state index contributed by atoms with van der Waals surface area (Å²) in [7, 11) is 4.10. The summed E-state index contributed by atoms with van der Waals surface area (Å²) in [5.74, 6) is 0.878. The molecule has 0 bridgehead atoms. The Kier molecular flexibility index (Phi) is 6.04. The van der Waals surface area contributed by atoms with Gasteiger partial charge < -0.3 is 15.0 Å². The van der Waals surface area contributed by atoms with Crippen LogP contribution in [0.2, 0.25) is 0 Å². The number of nitrogens with one attached hydrogen (secondary N) is 1. The summed E-state index contributed by atoms with van der Waals surface area (Å²) in [6.45, 7) is 5.89. The smallest absolute Gasteiger partial charge is 0.119 e. The second-order valence-corrected chi connectivity index (χ2v) is 5.41. The van der Waals surface area contributed by atoms with E-state index in [0.717, 1.165) is 18.8 Å². The van der Waals surface area contributed by atoms with Crippen molar-refractivity contribution in [1.82, 2.24) is 5.32 Å². The molecule has 3 nitrogen and oxygen atoms in total. The molecule has 0 aliphatic heterocycles. The normalized spacial score (nSPS) is 10.3. The Morgan fingerprint density at radius 1 is 0.955 bits per heavy atom. The molecular formula is C19H24N2O. The number of benzene rings is 2. The number of rotatable bonds is 8. The van der Waals surface area contributed by atoms with Crippen LogP contribution in [0.5, 0.6) is 5.75 Å². The van der Waals surface area contributed by atoms with Gasteiger partial charge in [-0.25, -0.2) is 0 Å². The summed E-state index contributed by atoms with van der Waals surface area (Å²) in [4.78, 5) is 2.10. The third-order valence-electron chi connectivity index (χ3n) is 3.40. The molecule has 0 saturated carbocycles. The van der Waals surface area contributed by atoms with E-state index >= 15 is 0 Å². The van der Waals surface area contributed by atoms with Crippen molar-refractivity contribution < 1.29 is 4.74 Å². The number of anilines is 1. The van der Waals surface area contributed by atoms with E-state index in [1.165, 1.54) is 16.8 Å². The first kappa shape index (κ1) is 16.1. The molecule has 2 rings (SSSR count). The summed E-state index contributed by atoms with van der Waals surface area (Å²) in [6.07, 6.45) is 1.75. The zero-order chi connectivity index (χ0) is 15.8. The lowest BCUT2D eigenvalue weighted by Gasteiger charge is -2.13. The Labute approximate surface area is 133 Å². The molecule has 0 radical (unpaired) electrons. The summed E-state index contributed by atoms with van der Waals surface area (Å²) in [6, 6.07) is 16.8. The summed E-state index contributed by atoms with van der Waals surface area (Å²) in [5.41, 5.74) is 3.76. The van der Waals surface area contributed by atoms with Crippen LogP contribution in [0.1, 0.15) is 11.1 Å². The van der Waals surface area contributed by atoms with Gasteiger partial charge in [0.25, 0.3) is 0 Å². The topological polar surface area (TPSA) is 24.5 Å². The molecule has 0 aliphatic rings. The Morgan fingerprint density at radius 3 is 2.00 bits per heavy atom. The predicted octanol–water partition coefficient (Wildman–Crippen LogP) is 3.61. The van der Waals surface area contributed by atoms with Gasteiger partial charge >= 0.3 is 0 Å². The zero-order valence-corrected chi connectivity index (χ0v) is 13.4. The fourth-order valence-electron chi connectivity index (χ4n) is 2.12. The van der Waals surface area contributed by atoms with Crippen molar-refractivity contribution >= 4 is 5.69 Å². The van der Waals surface area contributed by atoms with Gasteiger partial charge in [-0.1, -0.05) is 36.9 Å². The number of hydrogen-bond donors (Lipinski definition) is 1. The molecule has 1 N–H and O–H groups in total. The van der Waals surface area contributed by atoms with E-state index in [1.807, 2.05) is 12.1 Å². The highest BCUT2D eigenvalue weighted by atomic mass is 16.5. The Morgan fingerprint density at radius 2 is 1.50 bits per heavy atom. The average molecular weight is 296 g/mol. The van der Waals surface area contributed by atoms with Crippen molar-refractivity contribution in [2.75, 3.05) is 25.6 Å². The minimum atomic E-state index is 0.542. The lowest BCUT2D eigenvalue weighted by atomic mass is 10.2. The van der Waals surface area contributed by atoms with Crippen LogP contribution in [0.3, 0.4) is 0 Å². The molecule has 0 aromatic heterocycles. The maximum Gasteiger partial charge on any atom is 0.119 e. The quantitative estimate of drug-likeness (QED) is 0.753. The van der Waals surface area contributed by atoms with Gasteiger partial charge in [0, 0.05) is 32.9 Å². The van der Waals surface area contributed by atoms with Crippen molar-refractivity contribution in [2.24, 2.45) is 0 Å². The Bertz CT molecular complexity index is 573. The van der Waals surface area contributed by atoms with Crippen LogP contribution in [0.15, 0.2) is 61.2 Å². The summed E-state index contributed by atoms with van der Waals surface area (Å²) < 4.78 is 5.47. The van der Waals surface area contributed by atoms with Crippen LogP contribution in [0.25, 0.3) is 0 Å². The number of hydrogen-bond acceptors (Lipinski definition) is 3. The SMILES string of the molecule is C=CCOc1ccc(CNCc2ccc(N(C)C)cc2)cc1. The molecule has 0 heterocycles.